The van der Waals surface area contributed by atoms with Crippen LogP contribution in [0.1, 0.15) is 37.5 Å². The van der Waals surface area contributed by atoms with Gasteiger partial charge in [-0.15, -0.1) is 4.91 Å². The van der Waals surface area contributed by atoms with E-state index in [9.17, 15) is 10.0 Å². The van der Waals surface area contributed by atoms with Crippen LogP contribution < -0.4 is 4.74 Å². The second-order valence-electron chi connectivity index (χ2n) is 7.96. The van der Waals surface area contributed by atoms with E-state index in [1.807, 2.05) is 38.1 Å². The number of aryl methyl sites for hydroxylation is 2. The molecule has 2 aromatic carbocycles. The van der Waals surface area contributed by atoms with Gasteiger partial charge in [-0.3, -0.25) is 0 Å². The predicted molar refractivity (Wildman–Crippen MR) is 109 cm³/mol. The van der Waals surface area contributed by atoms with Crippen LogP contribution in [0.25, 0.3) is 10.9 Å². The van der Waals surface area contributed by atoms with E-state index in [1.54, 1.807) is 4.57 Å². The lowest BCUT2D eigenvalue weighted by atomic mass is 9.87. The van der Waals surface area contributed by atoms with Crippen LogP contribution in [0.2, 0.25) is 0 Å². The van der Waals surface area contributed by atoms with Crippen LogP contribution >= 0.6 is 0 Å². The Hall–Kier alpha value is -2.82. The van der Waals surface area contributed by atoms with Crippen LogP contribution in [-0.2, 0) is 12.0 Å². The van der Waals surface area contributed by atoms with Crippen LogP contribution in [0.5, 0.6) is 11.6 Å². The zero-order valence-corrected chi connectivity index (χ0v) is 16.5. The highest BCUT2D eigenvalue weighted by Crippen LogP contribution is 2.41. The highest BCUT2D eigenvalue weighted by Gasteiger charge is 2.20. The highest BCUT2D eigenvalue weighted by atomic mass is 16.5. The van der Waals surface area contributed by atoms with Gasteiger partial charge in [0.15, 0.2) is 5.69 Å². The molecule has 5 heteroatoms. The third-order valence-corrected chi connectivity index (χ3v) is 4.96. The number of ether oxygens (including phenoxy) is 1. The van der Waals surface area contributed by atoms with Gasteiger partial charge in [-0.1, -0.05) is 45.0 Å². The fraction of sp³-hybridized carbons (Fsp3) is 0.364. The van der Waals surface area contributed by atoms with E-state index in [0.29, 0.717) is 18.5 Å². The van der Waals surface area contributed by atoms with Crippen molar-refractivity contribution in [1.82, 2.24) is 4.57 Å². The summed E-state index contributed by atoms with van der Waals surface area (Å²) in [4.78, 5) is 11.3. The molecule has 0 radical (unpaired) electrons. The highest BCUT2D eigenvalue weighted by molar-refractivity contribution is 5.99. The largest absolute Gasteiger partial charge is 0.493 e. The van der Waals surface area contributed by atoms with Crippen molar-refractivity contribution in [2.24, 2.45) is 5.18 Å². The van der Waals surface area contributed by atoms with Crippen molar-refractivity contribution in [2.45, 2.75) is 46.6 Å². The summed E-state index contributed by atoms with van der Waals surface area (Å²) in [5, 5.41) is 14.3. The van der Waals surface area contributed by atoms with E-state index >= 15 is 0 Å². The molecule has 5 nitrogen and oxygen atoms in total. The molecule has 1 heterocycles. The number of nitrogens with zero attached hydrogens (tertiary/aromatic N) is 2. The Morgan fingerprint density at radius 1 is 1.04 bits per heavy atom. The first-order valence-corrected chi connectivity index (χ1v) is 9.12. The summed E-state index contributed by atoms with van der Waals surface area (Å²) in [5.74, 6) is 0.671. The zero-order chi connectivity index (χ0) is 19.8. The summed E-state index contributed by atoms with van der Waals surface area (Å²) >= 11 is 0. The number of rotatable bonds is 5. The second-order valence-corrected chi connectivity index (χ2v) is 7.96. The Balaban J connectivity index is 1.83. The number of benzene rings is 2. The first-order valence-electron chi connectivity index (χ1n) is 9.12. The summed E-state index contributed by atoms with van der Waals surface area (Å²) in [6, 6.07) is 12.0. The number of fused-ring (bicyclic) bond motifs is 1. The molecule has 0 amide bonds. The molecular formula is C22H26N2O3. The lowest BCUT2D eigenvalue weighted by molar-refractivity contribution is 0.290. The minimum atomic E-state index is -0.107. The number of hydrogen-bond acceptors (Lipinski definition) is 4. The average molecular weight is 366 g/mol. The van der Waals surface area contributed by atoms with Gasteiger partial charge in [0.25, 0.3) is 0 Å². The van der Waals surface area contributed by atoms with Crippen molar-refractivity contribution in [3.63, 3.8) is 0 Å². The quantitative estimate of drug-likeness (QED) is 0.586. The molecule has 0 unspecified atom stereocenters. The lowest BCUT2D eigenvalue weighted by Gasteiger charge is -2.19. The molecule has 3 rings (SSSR count). The smallest absolute Gasteiger partial charge is 0.222 e. The van der Waals surface area contributed by atoms with Crippen molar-refractivity contribution in [3.8, 4) is 11.6 Å². The second kappa shape index (κ2) is 7.06. The molecule has 1 aromatic heterocycles. The Morgan fingerprint density at radius 2 is 1.67 bits per heavy atom. The topological polar surface area (TPSA) is 63.8 Å². The minimum absolute atomic E-state index is 0.0979. The molecule has 142 valence electrons. The standard InChI is InChI=1S/C22H26N2O3/c1-14-6-7-15(2)20-18(14)19(23-26)21(25)24(20)12-13-27-17-10-8-16(9-11-17)22(3,4)5/h6-11,25H,12-13H2,1-5H3. The number of hydrogen-bond donors (Lipinski definition) is 1. The molecule has 0 spiro atoms. The van der Waals surface area contributed by atoms with E-state index in [-0.39, 0.29) is 17.0 Å². The minimum Gasteiger partial charge on any atom is -0.493 e. The summed E-state index contributed by atoms with van der Waals surface area (Å²) in [5.41, 5.74) is 4.17. The molecule has 0 aliphatic carbocycles. The van der Waals surface area contributed by atoms with Gasteiger partial charge >= 0.3 is 0 Å². The van der Waals surface area contributed by atoms with Crippen LogP contribution in [0.3, 0.4) is 0 Å². The van der Waals surface area contributed by atoms with E-state index in [0.717, 1.165) is 22.4 Å². The van der Waals surface area contributed by atoms with Gasteiger partial charge < -0.3 is 14.4 Å². The molecule has 0 aliphatic heterocycles. The maximum Gasteiger partial charge on any atom is 0.222 e. The van der Waals surface area contributed by atoms with Gasteiger partial charge in [0.05, 0.1) is 12.1 Å². The van der Waals surface area contributed by atoms with Crippen LogP contribution in [-0.4, -0.2) is 16.3 Å². The summed E-state index contributed by atoms with van der Waals surface area (Å²) in [7, 11) is 0. The van der Waals surface area contributed by atoms with E-state index in [4.69, 9.17) is 4.74 Å². The van der Waals surface area contributed by atoms with E-state index in [1.165, 1.54) is 5.56 Å². The fourth-order valence-electron chi connectivity index (χ4n) is 3.40. The average Bonchev–Trinajstić information content (AvgIpc) is 2.91. The SMILES string of the molecule is Cc1ccc(C)c2c1c(N=O)c(O)n2CCOc1ccc(C(C)(C)C)cc1. The van der Waals surface area contributed by atoms with Crippen molar-refractivity contribution in [1.29, 1.82) is 0 Å². The number of nitroso groups, excluding NO2 is 1. The Morgan fingerprint density at radius 3 is 2.26 bits per heavy atom. The molecule has 0 saturated heterocycles. The number of aromatic nitrogens is 1. The van der Waals surface area contributed by atoms with E-state index in [2.05, 4.69) is 38.1 Å². The van der Waals surface area contributed by atoms with Crippen molar-refractivity contribution in [3.05, 3.63) is 58.0 Å². The number of aromatic hydroxyl groups is 1. The Kier molecular flexibility index (Phi) is 4.96. The van der Waals surface area contributed by atoms with Crippen molar-refractivity contribution >= 4 is 16.6 Å². The maximum absolute atomic E-state index is 11.3. The van der Waals surface area contributed by atoms with Gasteiger partial charge in [-0.2, -0.15) is 0 Å². The van der Waals surface area contributed by atoms with E-state index < -0.39 is 0 Å². The normalized spacial score (nSPS) is 11.7. The van der Waals surface area contributed by atoms with Crippen LogP contribution in [0, 0.1) is 18.8 Å². The summed E-state index contributed by atoms with van der Waals surface area (Å²) < 4.78 is 7.56. The maximum atomic E-state index is 11.3. The third kappa shape index (κ3) is 3.54. The van der Waals surface area contributed by atoms with Crippen LogP contribution in [0.4, 0.5) is 5.69 Å². The van der Waals surface area contributed by atoms with Crippen molar-refractivity contribution in [2.75, 3.05) is 6.61 Å². The fourth-order valence-corrected chi connectivity index (χ4v) is 3.40. The molecule has 0 atom stereocenters. The molecule has 0 bridgehead atoms. The lowest BCUT2D eigenvalue weighted by Crippen LogP contribution is -2.11. The molecule has 0 aliphatic rings. The van der Waals surface area contributed by atoms with Crippen LogP contribution in [0.15, 0.2) is 41.6 Å². The first kappa shape index (κ1) is 19.0. The zero-order valence-electron chi connectivity index (χ0n) is 16.5. The molecular weight excluding hydrogens is 340 g/mol. The van der Waals surface area contributed by atoms with Gasteiger partial charge in [-0.05, 0) is 53.3 Å². The Bertz CT molecular complexity index is 980. The molecule has 0 saturated carbocycles. The predicted octanol–water partition coefficient (Wildman–Crippen LogP) is 5.74. The third-order valence-electron chi connectivity index (χ3n) is 4.96. The molecule has 0 fully saturated rings. The molecule has 3 aromatic rings. The van der Waals surface area contributed by atoms with Gasteiger partial charge in [0.2, 0.25) is 5.88 Å². The van der Waals surface area contributed by atoms with Gasteiger partial charge in [0.1, 0.15) is 12.4 Å². The summed E-state index contributed by atoms with van der Waals surface area (Å²) in [6.07, 6.45) is 0. The van der Waals surface area contributed by atoms with Gasteiger partial charge in [0, 0.05) is 5.39 Å². The molecule has 27 heavy (non-hydrogen) atoms. The van der Waals surface area contributed by atoms with Gasteiger partial charge in [-0.25, -0.2) is 0 Å². The summed E-state index contributed by atoms with van der Waals surface area (Å²) in [6.45, 7) is 11.2. The first-order chi connectivity index (χ1) is 12.7. The molecule has 1 N–H and O–H groups in total. The van der Waals surface area contributed by atoms with Crippen molar-refractivity contribution < 1.29 is 9.84 Å². The Labute approximate surface area is 159 Å². The monoisotopic (exact) mass is 366 g/mol.